The summed E-state index contributed by atoms with van der Waals surface area (Å²) in [4.78, 5) is 0. The fourth-order valence-electron chi connectivity index (χ4n) is 10.7. The van der Waals surface area contributed by atoms with E-state index >= 15 is 0 Å². The minimum atomic E-state index is 0.255. The smallest absolute Gasteiger partial charge is 0.0844 e. The molecule has 2 unspecified atom stereocenters. The SMILES string of the molecule is C=C(C)C(OC(C(=C)C)C12CC3CC(CC(C3)C1)C2)C12CC3CC(CC(C3)C1)C2. The van der Waals surface area contributed by atoms with Crippen LogP contribution in [-0.4, -0.2) is 12.2 Å². The summed E-state index contributed by atoms with van der Waals surface area (Å²) < 4.78 is 7.34. The van der Waals surface area contributed by atoms with Crippen LogP contribution in [0, 0.1) is 46.3 Å². The van der Waals surface area contributed by atoms with Gasteiger partial charge in [-0.2, -0.15) is 0 Å². The Labute approximate surface area is 178 Å². The van der Waals surface area contributed by atoms with Crippen molar-refractivity contribution in [2.24, 2.45) is 46.3 Å². The largest absolute Gasteiger partial charge is 0.365 e. The second kappa shape index (κ2) is 6.47. The van der Waals surface area contributed by atoms with E-state index in [4.69, 9.17) is 4.74 Å². The van der Waals surface area contributed by atoms with Gasteiger partial charge in [-0.15, -0.1) is 0 Å². The molecule has 8 bridgehead atoms. The molecule has 0 aliphatic heterocycles. The minimum absolute atomic E-state index is 0.255. The Balaban J connectivity index is 1.31. The normalized spacial score (nSPS) is 51.2. The van der Waals surface area contributed by atoms with E-state index in [1.54, 1.807) is 0 Å². The average Bonchev–Trinajstić information content (AvgIpc) is 2.58. The van der Waals surface area contributed by atoms with Crippen molar-refractivity contribution in [1.82, 2.24) is 0 Å². The summed E-state index contributed by atoms with van der Waals surface area (Å²) in [5, 5.41) is 0. The monoisotopic (exact) mass is 394 g/mol. The van der Waals surface area contributed by atoms with Crippen LogP contribution in [0.3, 0.4) is 0 Å². The summed E-state index contributed by atoms with van der Waals surface area (Å²) in [6, 6.07) is 0. The van der Waals surface area contributed by atoms with Crippen molar-refractivity contribution in [3.05, 3.63) is 24.3 Å². The lowest BCUT2D eigenvalue weighted by Crippen LogP contribution is -2.57. The molecule has 0 saturated heterocycles. The average molecular weight is 395 g/mol. The summed E-state index contributed by atoms with van der Waals surface area (Å²) in [6.07, 6.45) is 17.9. The van der Waals surface area contributed by atoms with Crippen molar-refractivity contribution in [1.29, 1.82) is 0 Å². The highest BCUT2D eigenvalue weighted by Crippen LogP contribution is 2.65. The predicted molar refractivity (Wildman–Crippen MR) is 119 cm³/mol. The molecule has 0 aromatic heterocycles. The van der Waals surface area contributed by atoms with Crippen LogP contribution in [-0.2, 0) is 4.74 Å². The topological polar surface area (TPSA) is 9.23 Å². The van der Waals surface area contributed by atoms with Gasteiger partial charge in [0.2, 0.25) is 0 Å². The second-order valence-corrected chi connectivity index (χ2v) is 13.1. The van der Waals surface area contributed by atoms with Gasteiger partial charge in [-0.1, -0.05) is 24.3 Å². The number of ether oxygens (including phenoxy) is 1. The molecule has 8 saturated carbocycles. The van der Waals surface area contributed by atoms with Crippen LogP contribution in [0.15, 0.2) is 24.3 Å². The van der Waals surface area contributed by atoms with Gasteiger partial charge in [0.05, 0.1) is 12.2 Å². The molecule has 0 spiro atoms. The molecule has 160 valence electrons. The summed E-state index contributed by atoms with van der Waals surface area (Å²) in [5.41, 5.74) is 3.36. The molecule has 0 N–H and O–H groups in total. The summed E-state index contributed by atoms with van der Waals surface area (Å²) in [6.45, 7) is 13.6. The number of hydrogen-bond donors (Lipinski definition) is 0. The maximum absolute atomic E-state index is 7.34. The van der Waals surface area contributed by atoms with Gasteiger partial charge in [0, 0.05) is 10.8 Å². The fourth-order valence-corrected chi connectivity index (χ4v) is 10.7. The Bertz CT molecular complexity index is 583. The van der Waals surface area contributed by atoms with Crippen molar-refractivity contribution in [3.63, 3.8) is 0 Å². The molecule has 0 radical (unpaired) electrons. The van der Waals surface area contributed by atoms with E-state index in [2.05, 4.69) is 27.0 Å². The first-order valence-electron chi connectivity index (χ1n) is 12.8. The molecule has 8 aliphatic carbocycles. The van der Waals surface area contributed by atoms with Gasteiger partial charge < -0.3 is 4.74 Å². The van der Waals surface area contributed by atoms with Crippen LogP contribution in [0.4, 0.5) is 0 Å². The first-order valence-corrected chi connectivity index (χ1v) is 12.8. The highest BCUT2D eigenvalue weighted by Gasteiger charge is 2.58. The number of rotatable bonds is 6. The predicted octanol–water partition coefficient (Wildman–Crippen LogP) is 7.33. The van der Waals surface area contributed by atoms with E-state index in [-0.39, 0.29) is 12.2 Å². The van der Waals surface area contributed by atoms with Crippen molar-refractivity contribution in [3.8, 4) is 0 Å². The number of hydrogen-bond acceptors (Lipinski definition) is 1. The molecule has 8 rings (SSSR count). The van der Waals surface area contributed by atoms with Crippen LogP contribution in [0.2, 0.25) is 0 Å². The van der Waals surface area contributed by atoms with Gasteiger partial charge in [0.1, 0.15) is 0 Å². The van der Waals surface area contributed by atoms with E-state index in [9.17, 15) is 0 Å². The van der Waals surface area contributed by atoms with Crippen LogP contribution < -0.4 is 0 Å². The van der Waals surface area contributed by atoms with Crippen molar-refractivity contribution in [2.75, 3.05) is 0 Å². The standard InChI is InChI=1S/C28H42O/c1-17(2)25(27-11-19-5-20(12-27)7-21(6-19)13-27)29-26(18(3)4)28-14-22-8-23(15-28)10-24(9-22)16-28/h19-26H,1,3,5-16H2,2,4H3. The lowest BCUT2D eigenvalue weighted by atomic mass is 9.47. The third-order valence-corrected chi connectivity index (χ3v) is 10.5. The van der Waals surface area contributed by atoms with Gasteiger partial charge in [0.15, 0.2) is 0 Å². The highest BCUT2D eigenvalue weighted by atomic mass is 16.5. The molecular weight excluding hydrogens is 352 g/mol. The molecule has 8 aliphatic rings. The molecule has 29 heavy (non-hydrogen) atoms. The Morgan fingerprint density at radius 1 is 0.586 bits per heavy atom. The van der Waals surface area contributed by atoms with Crippen LogP contribution in [0.1, 0.15) is 90.9 Å². The van der Waals surface area contributed by atoms with Crippen LogP contribution in [0.5, 0.6) is 0 Å². The zero-order chi connectivity index (χ0) is 20.0. The summed E-state index contributed by atoms with van der Waals surface area (Å²) in [5.74, 6) is 5.80. The van der Waals surface area contributed by atoms with Gasteiger partial charge >= 0.3 is 0 Å². The molecule has 0 aromatic rings. The van der Waals surface area contributed by atoms with Crippen molar-refractivity contribution in [2.45, 2.75) is 103 Å². The second-order valence-electron chi connectivity index (χ2n) is 13.1. The molecular formula is C28H42O. The molecule has 1 heteroatoms. The third kappa shape index (κ3) is 2.96. The maximum Gasteiger partial charge on any atom is 0.0844 e. The highest BCUT2D eigenvalue weighted by molar-refractivity contribution is 5.18. The van der Waals surface area contributed by atoms with Gasteiger partial charge in [-0.05, 0) is 126 Å². The Morgan fingerprint density at radius 2 is 0.828 bits per heavy atom. The van der Waals surface area contributed by atoms with E-state index in [0.717, 1.165) is 35.5 Å². The van der Waals surface area contributed by atoms with Crippen LogP contribution in [0.25, 0.3) is 0 Å². The quantitative estimate of drug-likeness (QED) is 0.429. The van der Waals surface area contributed by atoms with Crippen LogP contribution >= 0.6 is 0 Å². The first kappa shape index (κ1) is 19.1. The molecule has 8 fully saturated rings. The van der Waals surface area contributed by atoms with Gasteiger partial charge in [-0.25, -0.2) is 0 Å². The van der Waals surface area contributed by atoms with Crippen molar-refractivity contribution >= 4 is 0 Å². The van der Waals surface area contributed by atoms with E-state index < -0.39 is 0 Å². The fraction of sp³-hybridized carbons (Fsp3) is 0.857. The minimum Gasteiger partial charge on any atom is -0.365 e. The maximum atomic E-state index is 7.34. The van der Waals surface area contributed by atoms with Gasteiger partial charge in [0.25, 0.3) is 0 Å². The Morgan fingerprint density at radius 3 is 1.03 bits per heavy atom. The molecule has 0 heterocycles. The lowest BCUT2D eigenvalue weighted by molar-refractivity contribution is -0.187. The van der Waals surface area contributed by atoms with Crippen molar-refractivity contribution < 1.29 is 4.74 Å². The van der Waals surface area contributed by atoms with Gasteiger partial charge in [-0.3, -0.25) is 0 Å². The third-order valence-electron chi connectivity index (χ3n) is 10.5. The van der Waals surface area contributed by atoms with E-state index in [0.29, 0.717) is 10.8 Å². The summed E-state index contributed by atoms with van der Waals surface area (Å²) >= 11 is 0. The van der Waals surface area contributed by atoms with E-state index in [1.165, 1.54) is 88.2 Å². The zero-order valence-electron chi connectivity index (χ0n) is 18.9. The molecule has 2 atom stereocenters. The lowest BCUT2D eigenvalue weighted by Gasteiger charge is -2.62. The summed E-state index contributed by atoms with van der Waals surface area (Å²) in [7, 11) is 0. The first-order chi connectivity index (χ1) is 13.8. The molecule has 1 nitrogen and oxygen atoms in total. The zero-order valence-corrected chi connectivity index (χ0v) is 18.9. The Kier molecular flexibility index (Phi) is 4.27. The molecule has 0 amide bonds. The molecule has 0 aromatic carbocycles. The van der Waals surface area contributed by atoms with E-state index in [1.807, 2.05) is 0 Å². The Hall–Kier alpha value is -0.560.